The fourth-order valence-electron chi connectivity index (χ4n) is 1.60. The van der Waals surface area contributed by atoms with Crippen LogP contribution in [0.25, 0.3) is 0 Å². The zero-order chi connectivity index (χ0) is 14.3. The smallest absolute Gasteiger partial charge is 0.340 e. The Kier molecular flexibility index (Phi) is 3.47. The van der Waals surface area contributed by atoms with Gasteiger partial charge in [0.05, 0.1) is 6.54 Å². The average molecular weight is 255 g/mol. The molecule has 0 aromatic heterocycles. The fourth-order valence-corrected chi connectivity index (χ4v) is 1.60. The number of ether oxygens (including phenoxy) is 1. The molecule has 5 heteroatoms. The monoisotopic (exact) mass is 255 g/mol. The third kappa shape index (κ3) is 3.03. The van der Waals surface area contributed by atoms with E-state index in [-0.39, 0.29) is 12.1 Å². The number of aliphatic hydroxyl groups excluding tert-OH is 1. The zero-order valence-electron chi connectivity index (χ0n) is 11.8. The molecule has 18 heavy (non-hydrogen) atoms. The summed E-state index contributed by atoms with van der Waals surface area (Å²) in [7, 11) is 0. The van der Waals surface area contributed by atoms with Gasteiger partial charge >= 0.3 is 5.97 Å². The van der Waals surface area contributed by atoms with Gasteiger partial charge in [0.25, 0.3) is 5.91 Å². The first kappa shape index (κ1) is 14.5. The molecule has 0 spiro atoms. The molecule has 1 rings (SSSR count). The van der Waals surface area contributed by atoms with Crippen LogP contribution in [0, 0.1) is 0 Å². The Hall–Kier alpha value is -1.52. The lowest BCUT2D eigenvalue weighted by molar-refractivity contribution is -0.150. The molecule has 0 aromatic rings. The van der Waals surface area contributed by atoms with Crippen molar-refractivity contribution in [3.05, 3.63) is 11.3 Å². The molecule has 0 bridgehead atoms. The van der Waals surface area contributed by atoms with Gasteiger partial charge in [-0.25, -0.2) is 4.79 Å². The summed E-state index contributed by atoms with van der Waals surface area (Å²) >= 11 is 0. The second kappa shape index (κ2) is 4.30. The van der Waals surface area contributed by atoms with Crippen LogP contribution in [0.15, 0.2) is 11.3 Å². The average Bonchev–Trinajstić information content (AvgIpc) is 2.40. The quantitative estimate of drug-likeness (QED) is 0.725. The van der Waals surface area contributed by atoms with E-state index in [1.54, 1.807) is 20.8 Å². The van der Waals surface area contributed by atoms with E-state index in [2.05, 4.69) is 0 Å². The van der Waals surface area contributed by atoms with Crippen LogP contribution in [0.3, 0.4) is 0 Å². The molecule has 0 unspecified atom stereocenters. The minimum atomic E-state index is -0.650. The zero-order valence-corrected chi connectivity index (χ0v) is 11.8. The summed E-state index contributed by atoms with van der Waals surface area (Å²) in [5.74, 6) is -1.66. The molecule has 1 N–H and O–H groups in total. The first-order valence-corrected chi connectivity index (χ1v) is 5.91. The Balaban J connectivity index is 2.93. The number of carbonyl (C=O) groups excluding carboxylic acids is 2. The van der Waals surface area contributed by atoms with Gasteiger partial charge in [-0.05, 0) is 41.5 Å². The van der Waals surface area contributed by atoms with Gasteiger partial charge in [-0.15, -0.1) is 0 Å². The van der Waals surface area contributed by atoms with Crippen LogP contribution in [0.5, 0.6) is 0 Å². The molecule has 0 saturated heterocycles. The van der Waals surface area contributed by atoms with E-state index in [0.717, 1.165) is 0 Å². The highest BCUT2D eigenvalue weighted by molar-refractivity contribution is 6.05. The largest absolute Gasteiger partial charge is 0.503 e. The maximum Gasteiger partial charge on any atom is 0.340 e. The van der Waals surface area contributed by atoms with E-state index in [0.29, 0.717) is 0 Å². The highest BCUT2D eigenvalue weighted by Crippen LogP contribution is 2.26. The van der Waals surface area contributed by atoms with E-state index in [4.69, 9.17) is 4.74 Å². The van der Waals surface area contributed by atoms with Crippen molar-refractivity contribution >= 4 is 11.9 Å². The Bertz CT molecular complexity index is 410. The van der Waals surface area contributed by atoms with E-state index in [1.807, 2.05) is 20.8 Å². The normalized spacial score (nSPS) is 17.4. The van der Waals surface area contributed by atoms with Gasteiger partial charge in [-0.2, -0.15) is 0 Å². The number of esters is 1. The van der Waals surface area contributed by atoms with Crippen molar-refractivity contribution < 1.29 is 19.4 Å². The molecule has 0 fully saturated rings. The molecule has 102 valence electrons. The van der Waals surface area contributed by atoms with Crippen molar-refractivity contribution in [2.45, 2.75) is 52.7 Å². The Morgan fingerprint density at radius 3 is 2.06 bits per heavy atom. The third-order valence-corrected chi connectivity index (χ3v) is 2.50. The number of hydrogen-bond donors (Lipinski definition) is 1. The minimum Gasteiger partial charge on any atom is -0.503 e. The van der Waals surface area contributed by atoms with Crippen LogP contribution in [0.1, 0.15) is 41.5 Å². The molecular formula is C13H21NO4. The third-order valence-electron chi connectivity index (χ3n) is 2.50. The summed E-state index contributed by atoms with van der Waals surface area (Å²) in [5, 5.41) is 9.75. The molecule has 1 aliphatic rings. The summed E-state index contributed by atoms with van der Waals surface area (Å²) in [6, 6.07) is 0. The Morgan fingerprint density at radius 2 is 1.72 bits per heavy atom. The lowest BCUT2D eigenvalue weighted by Gasteiger charge is -2.31. The second-order valence-electron chi connectivity index (χ2n) is 6.39. The van der Waals surface area contributed by atoms with Crippen molar-refractivity contribution in [3.8, 4) is 0 Å². The number of amides is 1. The van der Waals surface area contributed by atoms with E-state index < -0.39 is 28.8 Å². The fraction of sp³-hybridized carbons (Fsp3) is 0.692. The molecule has 0 atom stereocenters. The Labute approximate surface area is 107 Å². The molecule has 1 amide bonds. The number of carbonyl (C=O) groups is 2. The maximum atomic E-state index is 11.9. The van der Waals surface area contributed by atoms with Crippen LogP contribution in [-0.4, -0.2) is 39.6 Å². The Morgan fingerprint density at radius 1 is 1.22 bits per heavy atom. The summed E-state index contributed by atoms with van der Waals surface area (Å²) < 4.78 is 5.17. The van der Waals surface area contributed by atoms with Gasteiger partial charge in [0, 0.05) is 5.54 Å². The van der Waals surface area contributed by atoms with E-state index in [9.17, 15) is 14.7 Å². The molecule has 0 aromatic carbocycles. The minimum absolute atomic E-state index is 0.0323. The number of hydrogen-bond acceptors (Lipinski definition) is 4. The predicted molar refractivity (Wildman–Crippen MR) is 67.0 cm³/mol. The van der Waals surface area contributed by atoms with Crippen molar-refractivity contribution in [1.82, 2.24) is 4.90 Å². The predicted octanol–water partition coefficient (Wildman–Crippen LogP) is 1.78. The van der Waals surface area contributed by atoms with Crippen molar-refractivity contribution in [2.75, 3.05) is 6.54 Å². The summed E-state index contributed by atoms with van der Waals surface area (Å²) in [4.78, 5) is 25.2. The molecule has 0 radical (unpaired) electrons. The first-order valence-electron chi connectivity index (χ1n) is 5.91. The molecule has 1 aliphatic heterocycles. The highest BCUT2D eigenvalue weighted by atomic mass is 16.6. The van der Waals surface area contributed by atoms with Gasteiger partial charge in [0.2, 0.25) is 0 Å². The standard InChI is InChI=1S/C13H21NO4/c1-12(2,3)14-7-8(9(15)10(14)16)11(17)18-13(4,5)6/h15H,7H2,1-6H3. The maximum absolute atomic E-state index is 11.9. The summed E-state index contributed by atoms with van der Waals surface area (Å²) in [6.45, 7) is 10.8. The molecule has 5 nitrogen and oxygen atoms in total. The molecule has 0 saturated carbocycles. The topological polar surface area (TPSA) is 66.8 Å². The van der Waals surface area contributed by atoms with Gasteiger partial charge in [0.1, 0.15) is 11.2 Å². The van der Waals surface area contributed by atoms with Crippen molar-refractivity contribution in [1.29, 1.82) is 0 Å². The van der Waals surface area contributed by atoms with Crippen LogP contribution in [0.4, 0.5) is 0 Å². The lowest BCUT2D eigenvalue weighted by Crippen LogP contribution is -2.43. The van der Waals surface area contributed by atoms with Gasteiger partial charge in [-0.1, -0.05) is 0 Å². The van der Waals surface area contributed by atoms with Crippen molar-refractivity contribution in [3.63, 3.8) is 0 Å². The SMILES string of the molecule is CC(C)(C)OC(=O)C1=C(O)C(=O)N(C(C)(C)C)C1. The second-order valence-corrected chi connectivity index (χ2v) is 6.39. The van der Waals surface area contributed by atoms with E-state index in [1.165, 1.54) is 4.90 Å². The highest BCUT2D eigenvalue weighted by Gasteiger charge is 2.40. The van der Waals surface area contributed by atoms with Crippen LogP contribution < -0.4 is 0 Å². The number of nitrogens with zero attached hydrogens (tertiary/aromatic N) is 1. The van der Waals surface area contributed by atoms with Gasteiger partial charge in [0.15, 0.2) is 5.76 Å². The van der Waals surface area contributed by atoms with Gasteiger partial charge in [-0.3, -0.25) is 4.79 Å². The molecule has 0 aliphatic carbocycles. The van der Waals surface area contributed by atoms with Crippen LogP contribution in [-0.2, 0) is 14.3 Å². The van der Waals surface area contributed by atoms with Crippen LogP contribution in [0.2, 0.25) is 0 Å². The summed E-state index contributed by atoms with van der Waals surface area (Å²) in [6.07, 6.45) is 0. The number of rotatable bonds is 1. The molecular weight excluding hydrogens is 234 g/mol. The lowest BCUT2D eigenvalue weighted by atomic mass is 10.1. The van der Waals surface area contributed by atoms with E-state index >= 15 is 0 Å². The van der Waals surface area contributed by atoms with Crippen LogP contribution >= 0.6 is 0 Å². The van der Waals surface area contributed by atoms with Crippen molar-refractivity contribution in [2.24, 2.45) is 0 Å². The summed E-state index contributed by atoms with van der Waals surface area (Å²) in [5.41, 5.74) is -1.07. The van der Waals surface area contributed by atoms with Gasteiger partial charge < -0.3 is 14.7 Å². The number of aliphatic hydroxyl groups is 1. The first-order chi connectivity index (χ1) is 7.93. The molecule has 1 heterocycles.